The predicted molar refractivity (Wildman–Crippen MR) is 230 cm³/mol. The Kier molecular flexibility index (Phi) is 21.5. The number of carbonyl (C=O) groups excluding carboxylic acids is 1. The number of rotatable bonds is 25. The van der Waals surface area contributed by atoms with Crippen LogP contribution < -0.4 is 4.74 Å². The average Bonchev–Trinajstić information content (AvgIpc) is 3.13. The molecule has 0 radical (unpaired) electrons. The molecule has 0 saturated carbocycles. The van der Waals surface area contributed by atoms with Crippen LogP contribution in [-0.2, 0) is 53.4 Å². The Labute approximate surface area is 352 Å². The van der Waals surface area contributed by atoms with Gasteiger partial charge in [0.15, 0.2) is 22.9 Å². The number of carbonyl (C=O) groups is 1. The summed E-state index contributed by atoms with van der Waals surface area (Å²) in [6, 6.07) is 7.76. The number of benzene rings is 1. The molecule has 0 bridgehead atoms. The number of aliphatic hydroxyl groups is 2. The summed E-state index contributed by atoms with van der Waals surface area (Å²) in [5.74, 6) is -0.644. The zero-order valence-electron chi connectivity index (χ0n) is 38.6. The quantitative estimate of drug-likeness (QED) is 0.0426. The van der Waals surface area contributed by atoms with Crippen LogP contribution in [0.2, 0.25) is 36.3 Å². The van der Waals surface area contributed by atoms with E-state index in [0.29, 0.717) is 26.1 Å². The van der Waals surface area contributed by atoms with Gasteiger partial charge in [0, 0.05) is 46.0 Å². The molecule has 0 spiro atoms. The zero-order valence-corrected chi connectivity index (χ0v) is 40.6. The van der Waals surface area contributed by atoms with Crippen LogP contribution in [0.1, 0.15) is 93.6 Å². The highest BCUT2D eigenvalue weighted by Gasteiger charge is 2.55. The van der Waals surface area contributed by atoms with Crippen LogP contribution in [0.15, 0.2) is 24.3 Å². The van der Waals surface area contributed by atoms with E-state index in [1.165, 1.54) is 6.92 Å². The monoisotopic (exact) mass is 861 g/mol. The fraction of sp³-hybridized carbons (Fsp3) is 0.837. The molecule has 1 aliphatic rings. The van der Waals surface area contributed by atoms with Crippen molar-refractivity contribution in [1.29, 1.82) is 0 Å². The first-order chi connectivity index (χ1) is 26.9. The molecule has 58 heavy (non-hydrogen) atoms. The molecule has 1 aromatic carbocycles. The molecule has 1 aliphatic heterocycles. The Morgan fingerprint density at radius 3 is 1.93 bits per heavy atom. The molecule has 13 nitrogen and oxygen atoms in total. The van der Waals surface area contributed by atoms with E-state index in [0.717, 1.165) is 17.7 Å². The smallest absolute Gasteiger partial charge is 0.302 e. The number of unbranched alkanes of at least 4 members (excludes halogenated alkanes) is 1. The maximum atomic E-state index is 12.9. The van der Waals surface area contributed by atoms with E-state index in [4.69, 9.17) is 46.7 Å². The van der Waals surface area contributed by atoms with Crippen LogP contribution in [-0.4, -0.2) is 123 Å². The van der Waals surface area contributed by atoms with Gasteiger partial charge >= 0.3 is 5.97 Å². The minimum absolute atomic E-state index is 0.00851. The van der Waals surface area contributed by atoms with Crippen molar-refractivity contribution < 1.29 is 61.8 Å². The van der Waals surface area contributed by atoms with Crippen molar-refractivity contribution in [2.75, 3.05) is 41.5 Å². The SMILES string of the molecule is COCO[C@@H]1[C@@H](O[Si](C)(C)C(C)(C)C)O[C@@H]([C@H](O[Si](C)(C)C(C)(C)C)C(C[C@H](O)[C@@H](C)[C@H](O)CCCCOCc2ccc(OC)cc2)OC(C)=O)[C@H](C)[C@H]1OCOC. The van der Waals surface area contributed by atoms with Crippen LogP contribution in [0.3, 0.4) is 0 Å². The van der Waals surface area contributed by atoms with Gasteiger partial charge < -0.3 is 57.0 Å². The summed E-state index contributed by atoms with van der Waals surface area (Å²) >= 11 is 0. The molecule has 0 aromatic heterocycles. The molecule has 2 N–H and O–H groups in total. The Morgan fingerprint density at radius 1 is 0.845 bits per heavy atom. The first-order valence-electron chi connectivity index (χ1n) is 20.9. The van der Waals surface area contributed by atoms with Crippen LogP contribution >= 0.6 is 0 Å². The number of hydrogen-bond acceptors (Lipinski definition) is 13. The molecule has 10 atom stereocenters. The molecular formula is C43H80O13Si2. The van der Waals surface area contributed by atoms with E-state index in [1.54, 1.807) is 21.3 Å². The van der Waals surface area contributed by atoms with Crippen molar-refractivity contribution >= 4 is 22.6 Å². The molecule has 2 rings (SSSR count). The highest BCUT2D eigenvalue weighted by Crippen LogP contribution is 2.44. The normalized spacial score (nSPS) is 23.5. The molecule has 0 amide bonds. The predicted octanol–water partition coefficient (Wildman–Crippen LogP) is 7.81. The van der Waals surface area contributed by atoms with Gasteiger partial charge in [0.1, 0.15) is 37.6 Å². The number of aliphatic hydroxyl groups excluding tert-OH is 2. The van der Waals surface area contributed by atoms with Crippen LogP contribution in [0, 0.1) is 11.8 Å². The largest absolute Gasteiger partial charge is 0.497 e. The van der Waals surface area contributed by atoms with Crippen molar-refractivity contribution in [1.82, 2.24) is 0 Å². The fourth-order valence-electron chi connectivity index (χ4n) is 6.42. The van der Waals surface area contributed by atoms with Crippen LogP contribution in [0.5, 0.6) is 5.75 Å². The van der Waals surface area contributed by atoms with Gasteiger partial charge in [-0.2, -0.15) is 0 Å². The lowest BCUT2D eigenvalue weighted by Gasteiger charge is -2.52. The van der Waals surface area contributed by atoms with E-state index in [1.807, 2.05) is 38.1 Å². The van der Waals surface area contributed by atoms with Gasteiger partial charge in [0.25, 0.3) is 0 Å². The van der Waals surface area contributed by atoms with Gasteiger partial charge in [-0.15, -0.1) is 0 Å². The summed E-state index contributed by atoms with van der Waals surface area (Å²) < 4.78 is 61.8. The molecule has 1 unspecified atom stereocenters. The Balaban J connectivity index is 2.42. The maximum Gasteiger partial charge on any atom is 0.302 e. The number of ether oxygens (including phenoxy) is 8. The molecule has 1 aromatic rings. The summed E-state index contributed by atoms with van der Waals surface area (Å²) in [4.78, 5) is 12.9. The van der Waals surface area contributed by atoms with Crippen molar-refractivity contribution in [3.05, 3.63) is 29.8 Å². The minimum Gasteiger partial charge on any atom is -0.497 e. The molecule has 1 fully saturated rings. The number of esters is 1. The summed E-state index contributed by atoms with van der Waals surface area (Å²) in [6.07, 6.45) is -4.58. The second-order valence-electron chi connectivity index (χ2n) is 18.9. The topological polar surface area (TPSA) is 150 Å². The molecule has 0 aliphatic carbocycles. The highest BCUT2D eigenvalue weighted by atomic mass is 28.4. The minimum atomic E-state index is -2.60. The lowest BCUT2D eigenvalue weighted by atomic mass is 9.83. The number of methoxy groups -OCH3 is 3. The molecule has 338 valence electrons. The van der Waals surface area contributed by atoms with Gasteiger partial charge in [0.05, 0.1) is 38.1 Å². The Morgan fingerprint density at radius 2 is 1.41 bits per heavy atom. The van der Waals surface area contributed by atoms with E-state index in [2.05, 4.69) is 67.7 Å². The third-order valence-electron chi connectivity index (χ3n) is 12.3. The van der Waals surface area contributed by atoms with E-state index < -0.39 is 83.5 Å². The van der Waals surface area contributed by atoms with Gasteiger partial charge in [-0.05, 0) is 73.2 Å². The van der Waals surface area contributed by atoms with Crippen molar-refractivity contribution in [2.24, 2.45) is 11.8 Å². The van der Waals surface area contributed by atoms with Crippen molar-refractivity contribution in [3.8, 4) is 5.75 Å². The zero-order chi connectivity index (χ0) is 44.1. The molecule has 15 heteroatoms. The van der Waals surface area contributed by atoms with Crippen molar-refractivity contribution in [3.63, 3.8) is 0 Å². The third-order valence-corrected chi connectivity index (χ3v) is 21.2. The Bertz CT molecular complexity index is 1320. The summed E-state index contributed by atoms with van der Waals surface area (Å²) in [5, 5.41) is 22.7. The van der Waals surface area contributed by atoms with Gasteiger partial charge in [-0.25, -0.2) is 0 Å². The van der Waals surface area contributed by atoms with Gasteiger partial charge in [0.2, 0.25) is 0 Å². The summed E-state index contributed by atoms with van der Waals surface area (Å²) in [6.45, 7) is 27.6. The average molecular weight is 861 g/mol. The van der Waals surface area contributed by atoms with E-state index in [-0.39, 0.29) is 30.1 Å². The lowest BCUT2D eigenvalue weighted by Crippen LogP contribution is -2.65. The second-order valence-corrected chi connectivity index (χ2v) is 28.4. The van der Waals surface area contributed by atoms with Gasteiger partial charge in [-0.3, -0.25) is 4.79 Å². The molecular weight excluding hydrogens is 781 g/mol. The summed E-state index contributed by atoms with van der Waals surface area (Å²) in [7, 11) is -0.321. The van der Waals surface area contributed by atoms with Crippen LogP contribution in [0.25, 0.3) is 0 Å². The molecule has 1 saturated heterocycles. The fourth-order valence-corrected chi connectivity index (χ4v) is 8.87. The first-order valence-corrected chi connectivity index (χ1v) is 26.7. The maximum absolute atomic E-state index is 12.9. The van der Waals surface area contributed by atoms with E-state index in [9.17, 15) is 15.0 Å². The van der Waals surface area contributed by atoms with Gasteiger partial charge in [-0.1, -0.05) is 67.5 Å². The third kappa shape index (κ3) is 15.8. The highest BCUT2D eigenvalue weighted by molar-refractivity contribution is 6.74. The second kappa shape index (κ2) is 23.7. The van der Waals surface area contributed by atoms with Crippen LogP contribution in [0.4, 0.5) is 0 Å². The Hall–Kier alpha value is -1.48. The molecule has 1 heterocycles. The van der Waals surface area contributed by atoms with E-state index >= 15 is 0 Å². The number of hydrogen-bond donors (Lipinski definition) is 2. The first kappa shape index (κ1) is 52.7. The van der Waals surface area contributed by atoms with Crippen molar-refractivity contribution in [2.45, 2.75) is 180 Å². The standard InChI is InChI=1S/C43H80O13Si2/c1-29(34(45)19-17-18-24-50-26-32-20-22-33(49-12)23-21-32)35(46)25-36(53-31(3)44)39(55-57(13,14)42(4,5)6)38-30(2)37(51-27-47-10)40(52-28-48-11)41(54-38)56-58(15,16)43(7,8)9/h20-23,29-30,34-41,45-46H,17-19,24-28H2,1-16H3/t29-,30+,34+,35-,36?,37+,38+,39+,40-,41+/m0/s1. The lowest BCUT2D eigenvalue weighted by molar-refractivity contribution is -0.314. The summed E-state index contributed by atoms with van der Waals surface area (Å²) in [5.41, 5.74) is 1.06.